The average Bonchev–Trinajstić information content (AvgIpc) is 2.07. The van der Waals surface area contributed by atoms with Crippen LogP contribution in [0.15, 0.2) is 0 Å². The van der Waals surface area contributed by atoms with Crippen LogP contribution in [0.4, 0.5) is 0 Å². The van der Waals surface area contributed by atoms with Crippen LogP contribution in [-0.2, 0) is 9.90 Å². The summed E-state index contributed by atoms with van der Waals surface area (Å²) in [6.45, 7) is 0. The van der Waals surface area contributed by atoms with Crippen LogP contribution in [0.5, 0.6) is 0 Å². The van der Waals surface area contributed by atoms with Crippen LogP contribution in [-0.4, -0.2) is 5.97 Å². The summed E-state index contributed by atoms with van der Waals surface area (Å²) in [4.78, 5) is 10.3. The highest BCUT2D eigenvalue weighted by Crippen LogP contribution is 2.26. The molecule has 0 aromatic rings. The second kappa shape index (κ2) is 6.86. The molecule has 1 aliphatic rings. The van der Waals surface area contributed by atoms with Gasteiger partial charge in [0.25, 0.3) is 0 Å². The van der Waals surface area contributed by atoms with E-state index in [0.29, 0.717) is 0 Å². The first-order valence-electron chi connectivity index (χ1n) is 5.99. The van der Waals surface area contributed by atoms with Gasteiger partial charge < -0.3 is 0 Å². The quantitative estimate of drug-likeness (QED) is 0.679. The van der Waals surface area contributed by atoms with Gasteiger partial charge in [0.1, 0.15) is 0 Å². The topological polar surface area (TPSA) is 37.0 Å². The summed E-state index contributed by atoms with van der Waals surface area (Å²) < 4.78 is 0. The fourth-order valence-electron chi connectivity index (χ4n) is 2.36. The molecule has 1 saturated carbocycles. The minimum absolute atomic E-state index is 0.247. The zero-order chi connectivity index (χ0) is 10.2. The highest BCUT2D eigenvalue weighted by atomic mass is 16.4. The van der Waals surface area contributed by atoms with E-state index in [1.165, 1.54) is 44.9 Å². The van der Waals surface area contributed by atoms with Crippen molar-refractivity contribution >= 4 is 5.97 Å². The van der Waals surface area contributed by atoms with Crippen LogP contribution in [0.3, 0.4) is 0 Å². The van der Waals surface area contributed by atoms with Crippen LogP contribution in [0.25, 0.3) is 0 Å². The monoisotopic (exact) mass is 197 g/mol. The molecule has 1 radical (unpaired) electrons. The lowest BCUT2D eigenvalue weighted by atomic mass is 9.88. The Bertz CT molecular complexity index is 158. The SMILES string of the molecule is [O]C(=O)CCCC1CCCCCCC1. The zero-order valence-corrected chi connectivity index (χ0v) is 8.96. The average molecular weight is 197 g/mol. The first-order chi connectivity index (χ1) is 6.79. The number of hydrogen-bond donors (Lipinski definition) is 0. The Morgan fingerprint density at radius 1 is 1.00 bits per heavy atom. The number of carbonyl (C=O) groups is 1. The van der Waals surface area contributed by atoms with E-state index in [9.17, 15) is 9.90 Å². The second-order valence-electron chi connectivity index (χ2n) is 4.48. The van der Waals surface area contributed by atoms with Crippen molar-refractivity contribution in [1.82, 2.24) is 0 Å². The van der Waals surface area contributed by atoms with Crippen LogP contribution in [0.2, 0.25) is 0 Å². The smallest absolute Gasteiger partial charge is 0.247 e. The van der Waals surface area contributed by atoms with Crippen molar-refractivity contribution in [3.8, 4) is 0 Å². The van der Waals surface area contributed by atoms with Crippen LogP contribution >= 0.6 is 0 Å². The molecule has 14 heavy (non-hydrogen) atoms. The van der Waals surface area contributed by atoms with E-state index >= 15 is 0 Å². The molecule has 0 aromatic heterocycles. The molecule has 1 fully saturated rings. The molecule has 1 rings (SSSR count). The summed E-state index contributed by atoms with van der Waals surface area (Å²) in [5.74, 6) is -0.106. The van der Waals surface area contributed by atoms with Crippen molar-refractivity contribution in [3.63, 3.8) is 0 Å². The van der Waals surface area contributed by atoms with E-state index in [4.69, 9.17) is 0 Å². The van der Waals surface area contributed by atoms with Crippen molar-refractivity contribution in [2.45, 2.75) is 64.2 Å². The maximum Gasteiger partial charge on any atom is 0.355 e. The third-order valence-corrected chi connectivity index (χ3v) is 3.22. The summed E-state index contributed by atoms with van der Waals surface area (Å²) in [7, 11) is 0. The molecule has 0 unspecified atom stereocenters. The van der Waals surface area contributed by atoms with E-state index in [0.717, 1.165) is 18.8 Å². The first kappa shape index (κ1) is 11.5. The molecule has 81 valence electrons. The van der Waals surface area contributed by atoms with Crippen LogP contribution < -0.4 is 0 Å². The lowest BCUT2D eigenvalue weighted by Gasteiger charge is -2.18. The third kappa shape index (κ3) is 5.25. The molecule has 1 aliphatic carbocycles. The van der Waals surface area contributed by atoms with Gasteiger partial charge in [-0.25, -0.2) is 9.90 Å². The Morgan fingerprint density at radius 3 is 2.14 bits per heavy atom. The molecule has 0 N–H and O–H groups in total. The largest absolute Gasteiger partial charge is 0.355 e. The highest BCUT2D eigenvalue weighted by Gasteiger charge is 2.11. The lowest BCUT2D eigenvalue weighted by molar-refractivity contribution is -0.143. The Kier molecular flexibility index (Phi) is 5.65. The van der Waals surface area contributed by atoms with Crippen LogP contribution in [0, 0.1) is 5.92 Å². The third-order valence-electron chi connectivity index (χ3n) is 3.22. The summed E-state index contributed by atoms with van der Waals surface area (Å²) >= 11 is 0. The van der Waals surface area contributed by atoms with Crippen molar-refractivity contribution in [2.24, 2.45) is 5.92 Å². The van der Waals surface area contributed by atoms with Gasteiger partial charge in [-0.3, -0.25) is 0 Å². The summed E-state index contributed by atoms with van der Waals surface area (Å²) in [6.07, 6.45) is 11.6. The minimum atomic E-state index is -0.893. The number of hydrogen-bond acceptors (Lipinski definition) is 1. The minimum Gasteiger partial charge on any atom is -0.247 e. The van der Waals surface area contributed by atoms with Gasteiger partial charge in [-0.1, -0.05) is 44.9 Å². The molecule has 0 aromatic carbocycles. The van der Waals surface area contributed by atoms with Gasteiger partial charge in [0, 0.05) is 0 Å². The molecular weight excluding hydrogens is 176 g/mol. The highest BCUT2D eigenvalue weighted by molar-refractivity contribution is 5.66. The molecule has 2 heteroatoms. The molecule has 0 bridgehead atoms. The molecule has 2 nitrogen and oxygen atoms in total. The van der Waals surface area contributed by atoms with Crippen molar-refractivity contribution in [2.75, 3.05) is 0 Å². The van der Waals surface area contributed by atoms with Gasteiger partial charge >= 0.3 is 5.97 Å². The second-order valence-corrected chi connectivity index (χ2v) is 4.48. The van der Waals surface area contributed by atoms with Gasteiger partial charge in [0.05, 0.1) is 6.42 Å². The number of carbonyl (C=O) groups excluding carboxylic acids is 1. The Hall–Kier alpha value is -0.530. The fourth-order valence-corrected chi connectivity index (χ4v) is 2.36. The molecule has 0 saturated heterocycles. The van der Waals surface area contributed by atoms with Crippen molar-refractivity contribution in [3.05, 3.63) is 0 Å². The summed E-state index contributed by atoms with van der Waals surface area (Å²) in [5, 5.41) is 10.3. The van der Waals surface area contributed by atoms with E-state index in [-0.39, 0.29) is 6.42 Å². The lowest BCUT2D eigenvalue weighted by Crippen LogP contribution is -2.04. The molecule has 0 spiro atoms. The maximum atomic E-state index is 10.3. The fraction of sp³-hybridized carbons (Fsp3) is 0.917. The predicted octanol–water partition coefficient (Wildman–Crippen LogP) is 3.47. The molecule has 0 atom stereocenters. The Labute approximate surface area is 86.7 Å². The normalized spacial score (nSPS) is 20.0. The Morgan fingerprint density at radius 2 is 1.57 bits per heavy atom. The van der Waals surface area contributed by atoms with E-state index in [1.54, 1.807) is 0 Å². The van der Waals surface area contributed by atoms with E-state index in [2.05, 4.69) is 0 Å². The van der Waals surface area contributed by atoms with E-state index < -0.39 is 5.97 Å². The van der Waals surface area contributed by atoms with Gasteiger partial charge in [0.15, 0.2) is 0 Å². The summed E-state index contributed by atoms with van der Waals surface area (Å²) in [5.41, 5.74) is 0. The maximum absolute atomic E-state index is 10.3. The predicted molar refractivity (Wildman–Crippen MR) is 55.4 cm³/mol. The number of rotatable bonds is 4. The standard InChI is InChI=1S/C12H21O2/c13-12(14)10-6-9-11-7-4-2-1-3-5-8-11/h11H,1-10H2. The van der Waals surface area contributed by atoms with Gasteiger partial charge in [-0.05, 0) is 18.8 Å². The van der Waals surface area contributed by atoms with Crippen LogP contribution in [0.1, 0.15) is 64.2 Å². The van der Waals surface area contributed by atoms with E-state index in [1.807, 2.05) is 0 Å². The first-order valence-corrected chi connectivity index (χ1v) is 5.99. The van der Waals surface area contributed by atoms with Gasteiger partial charge in [0.2, 0.25) is 0 Å². The van der Waals surface area contributed by atoms with Gasteiger partial charge in [-0.15, -0.1) is 0 Å². The summed E-state index contributed by atoms with van der Waals surface area (Å²) in [6, 6.07) is 0. The zero-order valence-electron chi connectivity index (χ0n) is 8.96. The van der Waals surface area contributed by atoms with Crippen molar-refractivity contribution < 1.29 is 9.90 Å². The molecule has 0 amide bonds. The molecule has 0 heterocycles. The van der Waals surface area contributed by atoms with Crippen molar-refractivity contribution in [1.29, 1.82) is 0 Å². The molecular formula is C12H21O2. The molecule has 0 aliphatic heterocycles. The Balaban J connectivity index is 2.10. The van der Waals surface area contributed by atoms with Gasteiger partial charge in [-0.2, -0.15) is 0 Å².